The molecule has 4 bridgehead atoms. The Kier molecular flexibility index (Phi) is 2.63. The van der Waals surface area contributed by atoms with Gasteiger partial charge in [-0.2, -0.15) is 0 Å². The number of fused-ring (bicyclic) bond motifs is 5. The van der Waals surface area contributed by atoms with Crippen LogP contribution in [0.4, 0.5) is 0 Å². The predicted octanol–water partition coefficient (Wildman–Crippen LogP) is 0.677. The second-order valence-corrected chi connectivity index (χ2v) is 5.00. The molecule has 5 heteroatoms. The van der Waals surface area contributed by atoms with Gasteiger partial charge in [-0.25, -0.2) is 0 Å². The summed E-state index contributed by atoms with van der Waals surface area (Å²) in [5, 5.41) is 25.9. The Labute approximate surface area is 105 Å². The zero-order chi connectivity index (χ0) is 12.7. The van der Waals surface area contributed by atoms with Crippen molar-refractivity contribution in [3.8, 4) is 0 Å². The summed E-state index contributed by atoms with van der Waals surface area (Å²) in [5.74, 6) is -0.00110. The van der Waals surface area contributed by atoms with E-state index in [1.807, 2.05) is 12.2 Å². The molecule has 1 saturated heterocycles. The summed E-state index contributed by atoms with van der Waals surface area (Å²) in [4.78, 5) is 11.7. The van der Waals surface area contributed by atoms with Gasteiger partial charge in [0, 0.05) is 12.1 Å². The molecule has 1 aliphatic carbocycles. The van der Waals surface area contributed by atoms with E-state index >= 15 is 0 Å². The summed E-state index contributed by atoms with van der Waals surface area (Å²) in [6.07, 6.45) is 6.82. The zero-order valence-electron chi connectivity index (χ0n) is 9.89. The second kappa shape index (κ2) is 4.17. The topological polar surface area (TPSA) is 81.6 Å². The predicted molar refractivity (Wildman–Crippen MR) is 66.0 cm³/mol. The average Bonchev–Trinajstić information content (AvgIpc) is 2.34. The molecule has 3 aliphatic rings. The van der Waals surface area contributed by atoms with Gasteiger partial charge >= 0.3 is 0 Å². The summed E-state index contributed by atoms with van der Waals surface area (Å²) in [5.41, 5.74) is 0.673. The van der Waals surface area contributed by atoms with Gasteiger partial charge in [0.05, 0.1) is 12.1 Å². The molecule has 4 N–H and O–H groups in total. The fourth-order valence-corrected chi connectivity index (χ4v) is 2.77. The van der Waals surface area contributed by atoms with E-state index in [-0.39, 0.29) is 35.4 Å². The van der Waals surface area contributed by atoms with Crippen LogP contribution in [0, 0.1) is 5.92 Å². The molecule has 2 heterocycles. The van der Waals surface area contributed by atoms with Crippen molar-refractivity contribution in [2.75, 3.05) is 6.54 Å². The molecule has 0 aromatic heterocycles. The average molecular weight is 248 g/mol. The van der Waals surface area contributed by atoms with Crippen molar-refractivity contribution in [3.05, 3.63) is 35.3 Å². The first-order valence-electron chi connectivity index (χ1n) is 6.19. The summed E-state index contributed by atoms with van der Waals surface area (Å²) >= 11 is 0. The van der Waals surface area contributed by atoms with Gasteiger partial charge in [0.1, 0.15) is 0 Å². The van der Waals surface area contributed by atoms with Crippen LogP contribution in [0.15, 0.2) is 35.3 Å². The molecule has 1 fully saturated rings. The Bertz CT molecular complexity index is 479. The van der Waals surface area contributed by atoms with Crippen LogP contribution >= 0.6 is 0 Å². The van der Waals surface area contributed by atoms with Crippen molar-refractivity contribution >= 4 is 5.91 Å². The molecule has 0 radical (unpaired) electrons. The van der Waals surface area contributed by atoms with E-state index in [1.54, 1.807) is 0 Å². The number of nitrogens with one attached hydrogen (secondary N) is 2. The van der Waals surface area contributed by atoms with Crippen LogP contribution in [-0.2, 0) is 4.79 Å². The molecule has 5 nitrogen and oxygen atoms in total. The maximum absolute atomic E-state index is 11.7. The Hall–Kier alpha value is -1.75. The lowest BCUT2D eigenvalue weighted by Gasteiger charge is -2.36. The van der Waals surface area contributed by atoms with Crippen molar-refractivity contribution in [3.63, 3.8) is 0 Å². The highest BCUT2D eigenvalue weighted by Gasteiger charge is 2.34. The number of aliphatic hydroxyl groups excluding tert-OH is 2. The minimum Gasteiger partial charge on any atom is -0.504 e. The van der Waals surface area contributed by atoms with Crippen molar-refractivity contribution in [1.82, 2.24) is 10.6 Å². The molecule has 1 amide bonds. The summed E-state index contributed by atoms with van der Waals surface area (Å²) in [6.45, 7) is 0.437. The van der Waals surface area contributed by atoms with Crippen LogP contribution in [-0.4, -0.2) is 34.7 Å². The molecule has 0 aromatic rings. The van der Waals surface area contributed by atoms with Crippen molar-refractivity contribution in [2.45, 2.75) is 24.9 Å². The Morgan fingerprint density at radius 3 is 2.94 bits per heavy atom. The van der Waals surface area contributed by atoms with Crippen LogP contribution in [0.1, 0.15) is 12.8 Å². The normalized spacial score (nSPS) is 43.9. The van der Waals surface area contributed by atoms with E-state index in [9.17, 15) is 15.0 Å². The first-order valence-corrected chi connectivity index (χ1v) is 6.19. The first-order chi connectivity index (χ1) is 8.65. The van der Waals surface area contributed by atoms with E-state index < -0.39 is 0 Å². The number of rotatable bonds is 0. The highest BCUT2D eigenvalue weighted by molar-refractivity contribution is 5.83. The van der Waals surface area contributed by atoms with Gasteiger partial charge in [0.25, 0.3) is 0 Å². The Morgan fingerprint density at radius 1 is 1.28 bits per heavy atom. The highest BCUT2D eigenvalue weighted by atomic mass is 16.3. The number of carbonyl (C=O) groups is 1. The molecule has 18 heavy (non-hydrogen) atoms. The van der Waals surface area contributed by atoms with Gasteiger partial charge in [-0.1, -0.05) is 12.2 Å². The van der Waals surface area contributed by atoms with E-state index in [0.717, 1.165) is 6.42 Å². The minimum atomic E-state index is -0.227. The van der Waals surface area contributed by atoms with Crippen molar-refractivity contribution in [1.29, 1.82) is 0 Å². The standard InChI is InChI=1S/C13H16N2O3/c16-11-4-2-7-1-3-8(12(11)17)10-6-14-13(18)9(5-7)15-10/h2-4,7,9-10,15-17H,1,5-6H2,(H,14,18)/b4-2+,8-3+,12-11-/t7-,9+,10+/m1/s1. The zero-order valence-corrected chi connectivity index (χ0v) is 9.89. The summed E-state index contributed by atoms with van der Waals surface area (Å²) < 4.78 is 0. The van der Waals surface area contributed by atoms with Gasteiger partial charge in [-0.3, -0.25) is 10.1 Å². The molecular weight excluding hydrogens is 232 g/mol. The summed E-state index contributed by atoms with van der Waals surface area (Å²) in [6, 6.07) is -0.363. The fraction of sp³-hybridized carbons (Fsp3) is 0.462. The number of allylic oxidation sites excluding steroid dienone is 3. The monoisotopic (exact) mass is 248 g/mol. The van der Waals surface area contributed by atoms with Crippen molar-refractivity contribution < 1.29 is 15.0 Å². The van der Waals surface area contributed by atoms with E-state index in [2.05, 4.69) is 10.6 Å². The quantitative estimate of drug-likeness (QED) is 0.508. The van der Waals surface area contributed by atoms with Crippen LogP contribution in [0.2, 0.25) is 0 Å². The highest BCUT2D eigenvalue weighted by Crippen LogP contribution is 2.28. The number of aliphatic hydroxyl groups is 2. The van der Waals surface area contributed by atoms with Crippen LogP contribution < -0.4 is 10.6 Å². The van der Waals surface area contributed by atoms with Gasteiger partial charge in [0.15, 0.2) is 11.5 Å². The SMILES string of the molecule is O=C1NC[C@@H]2N[C@H]1C[C@H]1/C=C/C(O)=C(O)\C2=C\C1. The van der Waals surface area contributed by atoms with Crippen LogP contribution in [0.3, 0.4) is 0 Å². The van der Waals surface area contributed by atoms with Crippen LogP contribution in [0.5, 0.6) is 0 Å². The lowest BCUT2D eigenvalue weighted by atomic mass is 9.86. The van der Waals surface area contributed by atoms with Gasteiger partial charge in [0.2, 0.25) is 5.91 Å². The first kappa shape index (κ1) is 11.3. The second-order valence-electron chi connectivity index (χ2n) is 5.00. The molecule has 3 rings (SSSR count). The molecule has 0 aromatic carbocycles. The summed E-state index contributed by atoms with van der Waals surface area (Å²) in [7, 11) is 0. The number of hydrogen-bond donors (Lipinski definition) is 4. The molecule has 0 unspecified atom stereocenters. The van der Waals surface area contributed by atoms with Gasteiger partial charge in [-0.15, -0.1) is 0 Å². The van der Waals surface area contributed by atoms with E-state index in [1.165, 1.54) is 6.08 Å². The number of amides is 1. The lowest BCUT2D eigenvalue weighted by Crippen LogP contribution is -2.60. The van der Waals surface area contributed by atoms with E-state index in [0.29, 0.717) is 18.5 Å². The third-order valence-corrected chi connectivity index (χ3v) is 3.80. The molecule has 2 aliphatic heterocycles. The maximum atomic E-state index is 11.7. The van der Waals surface area contributed by atoms with E-state index in [4.69, 9.17) is 0 Å². The minimum absolute atomic E-state index is 0.0131. The molecular formula is C13H16N2O3. The smallest absolute Gasteiger partial charge is 0.237 e. The maximum Gasteiger partial charge on any atom is 0.237 e. The Balaban J connectivity index is 2.05. The molecule has 0 saturated carbocycles. The largest absolute Gasteiger partial charge is 0.504 e. The van der Waals surface area contributed by atoms with Crippen LogP contribution in [0.25, 0.3) is 0 Å². The Morgan fingerprint density at radius 2 is 2.11 bits per heavy atom. The number of hydrogen-bond acceptors (Lipinski definition) is 4. The molecule has 0 spiro atoms. The molecule has 3 atom stereocenters. The number of carbonyl (C=O) groups excluding carboxylic acids is 1. The van der Waals surface area contributed by atoms with Gasteiger partial charge in [-0.05, 0) is 24.8 Å². The van der Waals surface area contributed by atoms with Crippen molar-refractivity contribution in [2.24, 2.45) is 5.92 Å². The lowest BCUT2D eigenvalue weighted by molar-refractivity contribution is -0.125. The number of piperazine rings is 1. The molecule has 96 valence electrons. The van der Waals surface area contributed by atoms with Gasteiger partial charge < -0.3 is 15.5 Å². The third kappa shape index (κ3) is 1.80. The third-order valence-electron chi connectivity index (χ3n) is 3.80. The fourth-order valence-electron chi connectivity index (χ4n) is 2.77.